The van der Waals surface area contributed by atoms with Crippen molar-refractivity contribution in [3.63, 3.8) is 0 Å². The maximum atomic E-state index is 13.6. The van der Waals surface area contributed by atoms with Crippen molar-refractivity contribution in [2.45, 2.75) is 19.3 Å². The lowest BCUT2D eigenvalue weighted by atomic mass is 10.0. The number of anilines is 1. The highest BCUT2D eigenvalue weighted by molar-refractivity contribution is 6.13. The van der Waals surface area contributed by atoms with Gasteiger partial charge in [-0.3, -0.25) is 9.59 Å². The average Bonchev–Trinajstić information content (AvgIpc) is 3.28. The Bertz CT molecular complexity index is 601. The van der Waals surface area contributed by atoms with Crippen molar-refractivity contribution in [1.82, 2.24) is 10.2 Å². The largest absolute Gasteiger partial charge is 0.355 e. The third-order valence-electron chi connectivity index (χ3n) is 3.87. The molecule has 1 aromatic carbocycles. The lowest BCUT2D eigenvalue weighted by molar-refractivity contribution is -0.134. The first kappa shape index (κ1) is 17.3. The summed E-state index contributed by atoms with van der Waals surface area (Å²) in [5, 5.41) is 5.13. The molecule has 0 heterocycles. The molecular formula is C16H21F2N3O2. The Morgan fingerprint density at radius 3 is 2.48 bits per heavy atom. The summed E-state index contributed by atoms with van der Waals surface area (Å²) in [5.41, 5.74) is -1.25. The standard InChI is InChI=1S/C16H21F2N3O2/c1-21(2)9-3-8-19-14(22)16(6-7-16)15(23)20-13-5-4-11(17)10-12(13)18/h4-5,10H,3,6-9H2,1-2H3,(H,19,22)(H,20,23). The highest BCUT2D eigenvalue weighted by Gasteiger charge is 2.56. The summed E-state index contributed by atoms with van der Waals surface area (Å²) < 4.78 is 26.5. The van der Waals surface area contributed by atoms with Gasteiger partial charge in [0.2, 0.25) is 11.8 Å². The second kappa shape index (κ2) is 7.04. The molecular weight excluding hydrogens is 304 g/mol. The first-order valence-corrected chi connectivity index (χ1v) is 7.55. The van der Waals surface area contributed by atoms with Crippen LogP contribution in [0.15, 0.2) is 18.2 Å². The predicted molar refractivity (Wildman–Crippen MR) is 82.8 cm³/mol. The van der Waals surface area contributed by atoms with Crippen molar-refractivity contribution in [3.8, 4) is 0 Å². The molecule has 0 radical (unpaired) electrons. The van der Waals surface area contributed by atoms with Crippen LogP contribution in [-0.4, -0.2) is 43.9 Å². The molecule has 0 saturated heterocycles. The number of carbonyl (C=O) groups excluding carboxylic acids is 2. The molecule has 2 N–H and O–H groups in total. The van der Waals surface area contributed by atoms with E-state index in [2.05, 4.69) is 10.6 Å². The molecule has 0 aliphatic heterocycles. The molecule has 0 spiro atoms. The van der Waals surface area contributed by atoms with Crippen LogP contribution in [0.3, 0.4) is 0 Å². The van der Waals surface area contributed by atoms with Crippen LogP contribution in [0.25, 0.3) is 0 Å². The van der Waals surface area contributed by atoms with Crippen LogP contribution in [0.1, 0.15) is 19.3 Å². The number of rotatable bonds is 7. The second-order valence-corrected chi connectivity index (χ2v) is 6.07. The van der Waals surface area contributed by atoms with E-state index in [1.807, 2.05) is 19.0 Å². The van der Waals surface area contributed by atoms with Crippen molar-refractivity contribution < 1.29 is 18.4 Å². The predicted octanol–water partition coefficient (Wildman–Crippen LogP) is 1.75. The van der Waals surface area contributed by atoms with Gasteiger partial charge in [0.1, 0.15) is 17.0 Å². The second-order valence-electron chi connectivity index (χ2n) is 6.07. The van der Waals surface area contributed by atoms with Gasteiger partial charge in [0, 0.05) is 12.6 Å². The minimum absolute atomic E-state index is 0.122. The van der Waals surface area contributed by atoms with Gasteiger partial charge in [0.05, 0.1) is 5.69 Å². The zero-order valence-electron chi connectivity index (χ0n) is 13.3. The Morgan fingerprint density at radius 1 is 1.22 bits per heavy atom. The molecule has 0 aromatic heterocycles. The van der Waals surface area contributed by atoms with Crippen LogP contribution in [0, 0.1) is 17.0 Å². The fourth-order valence-corrected chi connectivity index (χ4v) is 2.28. The van der Waals surface area contributed by atoms with Crippen molar-refractivity contribution in [3.05, 3.63) is 29.8 Å². The molecule has 2 amide bonds. The monoisotopic (exact) mass is 325 g/mol. The Kier molecular flexibility index (Phi) is 5.30. The number of carbonyl (C=O) groups is 2. The number of nitrogens with zero attached hydrogens (tertiary/aromatic N) is 1. The fourth-order valence-electron chi connectivity index (χ4n) is 2.28. The van der Waals surface area contributed by atoms with E-state index in [1.54, 1.807) is 0 Å². The first-order valence-electron chi connectivity index (χ1n) is 7.55. The van der Waals surface area contributed by atoms with Gasteiger partial charge in [0.15, 0.2) is 0 Å². The van der Waals surface area contributed by atoms with Crippen LogP contribution in [0.2, 0.25) is 0 Å². The van der Waals surface area contributed by atoms with E-state index in [-0.39, 0.29) is 11.6 Å². The molecule has 7 heteroatoms. The van der Waals surface area contributed by atoms with Gasteiger partial charge in [0.25, 0.3) is 0 Å². The van der Waals surface area contributed by atoms with Gasteiger partial charge in [-0.25, -0.2) is 8.78 Å². The van der Waals surface area contributed by atoms with Crippen LogP contribution < -0.4 is 10.6 Å². The maximum Gasteiger partial charge on any atom is 0.240 e. The van der Waals surface area contributed by atoms with Crippen LogP contribution in [0.5, 0.6) is 0 Å². The van der Waals surface area contributed by atoms with Gasteiger partial charge in [-0.05, 0) is 52.0 Å². The Hall–Kier alpha value is -2.02. The van der Waals surface area contributed by atoms with Crippen molar-refractivity contribution in [2.24, 2.45) is 5.41 Å². The van der Waals surface area contributed by atoms with Crippen molar-refractivity contribution >= 4 is 17.5 Å². The summed E-state index contributed by atoms with van der Waals surface area (Å²) in [6.07, 6.45) is 1.64. The summed E-state index contributed by atoms with van der Waals surface area (Å²) in [6, 6.07) is 2.89. The smallest absolute Gasteiger partial charge is 0.240 e. The highest BCUT2D eigenvalue weighted by Crippen LogP contribution is 2.46. The van der Waals surface area contributed by atoms with Crippen LogP contribution in [0.4, 0.5) is 14.5 Å². The van der Waals surface area contributed by atoms with Crippen LogP contribution in [-0.2, 0) is 9.59 Å². The summed E-state index contributed by atoms with van der Waals surface area (Å²) in [6.45, 7) is 1.32. The normalized spacial score (nSPS) is 15.3. The minimum atomic E-state index is -1.13. The number of benzene rings is 1. The minimum Gasteiger partial charge on any atom is -0.355 e. The Morgan fingerprint density at radius 2 is 1.91 bits per heavy atom. The highest BCUT2D eigenvalue weighted by atomic mass is 19.1. The molecule has 5 nitrogen and oxygen atoms in total. The third kappa shape index (κ3) is 4.25. The molecule has 1 aliphatic carbocycles. The first-order chi connectivity index (χ1) is 10.8. The molecule has 0 atom stereocenters. The topological polar surface area (TPSA) is 61.4 Å². The van der Waals surface area contributed by atoms with Crippen LogP contribution >= 0.6 is 0 Å². The Balaban J connectivity index is 1.91. The summed E-state index contributed by atoms with van der Waals surface area (Å²) in [4.78, 5) is 26.5. The molecule has 0 bridgehead atoms. The molecule has 1 fully saturated rings. The zero-order valence-corrected chi connectivity index (χ0v) is 13.3. The zero-order chi connectivity index (χ0) is 17.0. The van der Waals surface area contributed by atoms with Gasteiger partial charge in [-0.1, -0.05) is 0 Å². The maximum absolute atomic E-state index is 13.6. The SMILES string of the molecule is CN(C)CCCNC(=O)C1(C(=O)Nc2ccc(F)cc2F)CC1. The van der Waals surface area contributed by atoms with E-state index in [9.17, 15) is 18.4 Å². The number of hydrogen-bond acceptors (Lipinski definition) is 3. The Labute approximate surface area is 134 Å². The fraction of sp³-hybridized carbons (Fsp3) is 0.500. The molecule has 126 valence electrons. The van der Waals surface area contributed by atoms with Crippen molar-refractivity contribution in [2.75, 3.05) is 32.5 Å². The third-order valence-corrected chi connectivity index (χ3v) is 3.87. The summed E-state index contributed by atoms with van der Waals surface area (Å²) >= 11 is 0. The number of amides is 2. The van der Waals surface area contributed by atoms with Gasteiger partial charge in [-0.15, -0.1) is 0 Å². The summed E-state index contributed by atoms with van der Waals surface area (Å²) in [5.74, 6) is -2.47. The number of halogens is 2. The van der Waals surface area contributed by atoms with E-state index in [0.717, 1.165) is 25.1 Å². The summed E-state index contributed by atoms with van der Waals surface area (Å²) in [7, 11) is 3.88. The van der Waals surface area contributed by atoms with Crippen molar-refractivity contribution in [1.29, 1.82) is 0 Å². The van der Waals surface area contributed by atoms with Gasteiger partial charge in [-0.2, -0.15) is 0 Å². The van der Waals surface area contributed by atoms with E-state index < -0.39 is 23.0 Å². The molecule has 1 saturated carbocycles. The molecule has 1 aliphatic rings. The molecule has 1 aromatic rings. The average molecular weight is 325 g/mol. The van der Waals surface area contributed by atoms with E-state index in [1.165, 1.54) is 0 Å². The van der Waals surface area contributed by atoms with E-state index in [4.69, 9.17) is 0 Å². The van der Waals surface area contributed by atoms with E-state index >= 15 is 0 Å². The number of nitrogens with one attached hydrogen (secondary N) is 2. The lowest BCUT2D eigenvalue weighted by Gasteiger charge is -2.16. The van der Waals surface area contributed by atoms with E-state index in [0.29, 0.717) is 25.5 Å². The quantitative estimate of drug-likeness (QED) is 0.593. The molecule has 2 rings (SSSR count). The number of hydrogen-bond donors (Lipinski definition) is 2. The lowest BCUT2D eigenvalue weighted by Crippen LogP contribution is -2.40. The molecule has 0 unspecified atom stereocenters. The van der Waals surface area contributed by atoms with Gasteiger partial charge >= 0.3 is 0 Å². The molecule has 23 heavy (non-hydrogen) atoms. The van der Waals surface area contributed by atoms with Gasteiger partial charge < -0.3 is 15.5 Å².